The number of aryl methyl sites for hydroxylation is 2. The van der Waals surface area contributed by atoms with Crippen LogP contribution in [0.15, 0.2) is 204 Å². The number of benzene rings is 8. The highest BCUT2D eigenvalue weighted by Crippen LogP contribution is 2.56. The molecular formula is C59H40F6N2O11S2. The Bertz CT molecular complexity index is 4060. The average Bonchev–Trinajstić information content (AvgIpc) is 4.07. The van der Waals surface area contributed by atoms with Crippen molar-refractivity contribution in [2.45, 2.75) is 41.5 Å². The van der Waals surface area contributed by atoms with Gasteiger partial charge in [0.2, 0.25) is 10.4 Å². The lowest BCUT2D eigenvalue weighted by atomic mass is 9.73. The van der Waals surface area contributed by atoms with Crippen LogP contribution in [-0.2, 0) is 25.7 Å². The number of carbonyl (C=O) groups is 3. The molecule has 8 aromatic carbocycles. The van der Waals surface area contributed by atoms with E-state index < -0.39 is 70.6 Å². The first-order valence-electron chi connectivity index (χ1n) is 23.7. The molecule has 21 heteroatoms. The summed E-state index contributed by atoms with van der Waals surface area (Å²) in [7, 11) is -9.79. The van der Waals surface area contributed by atoms with Crippen LogP contribution in [0.25, 0.3) is 16.8 Å². The topological polar surface area (TPSA) is 196 Å². The number of ether oxygens (including phenoxy) is 2. The molecule has 1 heterocycles. The fraction of sp³-hybridized carbons (Fsp3) is 0.0847. The van der Waals surface area contributed by atoms with Gasteiger partial charge in [-0.25, -0.2) is 4.98 Å². The van der Waals surface area contributed by atoms with Crippen molar-refractivity contribution in [3.05, 3.63) is 250 Å². The molecule has 406 valence electrons. The molecule has 0 spiro atoms. The van der Waals surface area contributed by atoms with Gasteiger partial charge in [-0.15, -0.1) is 0 Å². The number of alkyl halides is 6. The predicted octanol–water partition coefficient (Wildman–Crippen LogP) is 13.3. The first kappa shape index (κ1) is 55.7. The molecule has 0 saturated carbocycles. The lowest BCUT2D eigenvalue weighted by Gasteiger charge is -2.38. The summed E-state index contributed by atoms with van der Waals surface area (Å²) in [5, 5.41) is -0.799. The summed E-state index contributed by atoms with van der Waals surface area (Å²) in [6, 6.07) is 39.3. The summed E-state index contributed by atoms with van der Waals surface area (Å²) >= 11 is 0. The van der Waals surface area contributed by atoms with Crippen molar-refractivity contribution in [3.8, 4) is 39.8 Å². The Morgan fingerprint density at radius 1 is 0.475 bits per heavy atom. The van der Waals surface area contributed by atoms with Crippen molar-refractivity contribution in [1.82, 2.24) is 9.55 Å². The number of aromatic nitrogens is 2. The van der Waals surface area contributed by atoms with E-state index in [0.717, 1.165) is 59.1 Å². The van der Waals surface area contributed by atoms with Crippen LogP contribution in [0.1, 0.15) is 70.0 Å². The molecule has 0 saturated heterocycles. The first-order valence-corrected chi connectivity index (χ1v) is 26.5. The van der Waals surface area contributed by atoms with Crippen molar-refractivity contribution >= 4 is 37.6 Å². The predicted molar refractivity (Wildman–Crippen MR) is 280 cm³/mol. The van der Waals surface area contributed by atoms with Gasteiger partial charge in [-0.05, 0) is 133 Å². The van der Waals surface area contributed by atoms with Crippen LogP contribution in [0.4, 0.5) is 26.3 Å². The summed E-state index contributed by atoms with van der Waals surface area (Å²) in [5.74, 6) is -1.29. The number of halogens is 6. The molecule has 1 aromatic heterocycles. The Hall–Kier alpha value is -9.02. The second kappa shape index (κ2) is 21.3. The third kappa shape index (κ3) is 11.3. The number of imidazole rings is 1. The van der Waals surface area contributed by atoms with Gasteiger partial charge in [0.1, 0.15) is 34.2 Å². The molecule has 0 unspecified atom stereocenters. The molecular weight excluding hydrogens is 1090 g/mol. The molecule has 80 heavy (non-hydrogen) atoms. The van der Waals surface area contributed by atoms with E-state index in [-0.39, 0.29) is 56.7 Å². The minimum atomic E-state index is -5.88. The molecule has 2 N–H and O–H groups in total. The van der Waals surface area contributed by atoms with Gasteiger partial charge < -0.3 is 14.0 Å². The standard InChI is InChI=1S/C59H40F6N2O11S2/c1-35-3-6-38(7-4-35)54(68)40-12-21-45(22-13-40)77-47-25-17-43(18-26-47)57(58(60,61)62,59(63,64)65)44-19-27-48(28-20-44)78-46-23-14-41(15-24-46)55(69)39-10-8-37(9-11-39)49-29-5-36(2)31-50(49)56(70)42-16-30-51(52(32-42)79(71,72)73)67-33-53(66-34-67)80(74,75)76/h3-34H,1-2H3,(H,71,72,73)(H,74,75,76). The summed E-state index contributed by atoms with van der Waals surface area (Å²) in [6.07, 6.45) is -10.1. The van der Waals surface area contributed by atoms with E-state index in [9.17, 15) is 40.3 Å². The number of carbonyl (C=O) groups excluding carboxylic acids is 3. The summed E-state index contributed by atoms with van der Waals surface area (Å²) in [6.45, 7) is 3.59. The van der Waals surface area contributed by atoms with Gasteiger partial charge in [-0.2, -0.15) is 43.2 Å². The van der Waals surface area contributed by atoms with Crippen molar-refractivity contribution in [2.24, 2.45) is 0 Å². The zero-order chi connectivity index (χ0) is 57.5. The van der Waals surface area contributed by atoms with E-state index in [0.29, 0.717) is 52.1 Å². The second-order valence-corrected chi connectivity index (χ2v) is 21.0. The maximum absolute atomic E-state index is 15.0. The minimum Gasteiger partial charge on any atom is -0.457 e. The van der Waals surface area contributed by atoms with Gasteiger partial charge in [0.05, 0.1) is 11.9 Å². The number of rotatable bonds is 16. The Balaban J connectivity index is 0.886. The van der Waals surface area contributed by atoms with Crippen LogP contribution in [0, 0.1) is 13.8 Å². The van der Waals surface area contributed by atoms with E-state index in [2.05, 4.69) is 4.98 Å². The SMILES string of the molecule is Cc1ccc(C(=O)c2ccc(Oc3ccc(C(c4ccc(Oc5ccc(C(=O)c6ccc(-c7ccc(C)cc7C(=O)c7ccc(-n8cnc(S(=O)(=O)O)c8)c(S(=O)(=O)O)c7)cc6)cc5)cc4)(C(F)(F)F)C(F)(F)F)cc3)cc2)cc1. The highest BCUT2D eigenvalue weighted by molar-refractivity contribution is 7.86. The Morgan fingerprint density at radius 3 is 1.29 bits per heavy atom. The second-order valence-electron chi connectivity index (χ2n) is 18.3. The maximum Gasteiger partial charge on any atom is 0.411 e. The Labute approximate surface area is 452 Å². The normalized spacial score (nSPS) is 12.2. The quantitative estimate of drug-likeness (QED) is 0.0528. The van der Waals surface area contributed by atoms with Crippen LogP contribution in [0.3, 0.4) is 0 Å². The minimum absolute atomic E-state index is 0.0647. The Kier molecular flexibility index (Phi) is 14.8. The molecule has 0 aliphatic heterocycles. The van der Waals surface area contributed by atoms with Crippen molar-refractivity contribution < 1.29 is 76.1 Å². The van der Waals surface area contributed by atoms with Crippen LogP contribution in [-0.4, -0.2) is 65.2 Å². The molecule has 0 atom stereocenters. The zero-order valence-corrected chi connectivity index (χ0v) is 43.2. The summed E-state index contributed by atoms with van der Waals surface area (Å²) in [4.78, 5) is 43.4. The van der Waals surface area contributed by atoms with Crippen molar-refractivity contribution in [3.63, 3.8) is 0 Å². The molecule has 9 aromatic rings. The monoisotopic (exact) mass is 1130 g/mol. The highest BCUT2D eigenvalue weighted by Gasteiger charge is 2.72. The van der Waals surface area contributed by atoms with Gasteiger partial charge in [0, 0.05) is 33.4 Å². The lowest BCUT2D eigenvalue weighted by Crippen LogP contribution is -2.54. The molecule has 0 aliphatic rings. The van der Waals surface area contributed by atoms with Gasteiger partial charge in [0.25, 0.3) is 10.1 Å². The van der Waals surface area contributed by atoms with E-state index in [1.54, 1.807) is 61.5 Å². The zero-order valence-electron chi connectivity index (χ0n) is 41.5. The van der Waals surface area contributed by atoms with Gasteiger partial charge in [0.15, 0.2) is 17.3 Å². The number of ketones is 3. The van der Waals surface area contributed by atoms with E-state index >= 15 is 26.3 Å². The number of hydrogen-bond acceptors (Lipinski definition) is 10. The van der Waals surface area contributed by atoms with E-state index in [1.807, 2.05) is 6.92 Å². The maximum atomic E-state index is 15.0. The molecule has 0 aliphatic carbocycles. The number of nitrogens with zero attached hydrogens (tertiary/aromatic N) is 2. The van der Waals surface area contributed by atoms with Crippen LogP contribution >= 0.6 is 0 Å². The van der Waals surface area contributed by atoms with E-state index in [1.165, 1.54) is 66.7 Å². The third-order valence-corrected chi connectivity index (χ3v) is 14.5. The van der Waals surface area contributed by atoms with E-state index in [4.69, 9.17) is 9.47 Å². The molecule has 9 rings (SSSR count). The smallest absolute Gasteiger partial charge is 0.411 e. The van der Waals surface area contributed by atoms with Crippen LogP contribution in [0.5, 0.6) is 23.0 Å². The largest absolute Gasteiger partial charge is 0.457 e. The molecule has 0 fully saturated rings. The highest BCUT2D eigenvalue weighted by atomic mass is 32.2. The molecule has 0 bridgehead atoms. The Morgan fingerprint density at radius 2 is 0.875 bits per heavy atom. The summed E-state index contributed by atoms with van der Waals surface area (Å²) < 4.78 is 170. The fourth-order valence-corrected chi connectivity index (χ4v) is 10.0. The van der Waals surface area contributed by atoms with Gasteiger partial charge in [-0.3, -0.25) is 23.5 Å². The van der Waals surface area contributed by atoms with Gasteiger partial charge in [-0.1, -0.05) is 96.1 Å². The summed E-state index contributed by atoms with van der Waals surface area (Å²) in [5.41, 5.74) is -3.43. The van der Waals surface area contributed by atoms with Crippen molar-refractivity contribution in [1.29, 1.82) is 0 Å². The van der Waals surface area contributed by atoms with Crippen LogP contribution in [0.2, 0.25) is 0 Å². The number of hydrogen-bond donors (Lipinski definition) is 2. The fourth-order valence-electron chi connectivity index (χ4n) is 8.89. The third-order valence-electron chi connectivity index (χ3n) is 12.9. The molecule has 13 nitrogen and oxygen atoms in total. The molecule has 0 amide bonds. The van der Waals surface area contributed by atoms with Gasteiger partial charge >= 0.3 is 22.5 Å². The molecule has 0 radical (unpaired) electrons. The first-order chi connectivity index (χ1) is 37.7. The lowest BCUT2D eigenvalue weighted by molar-refractivity contribution is -0.288. The van der Waals surface area contributed by atoms with Crippen LogP contribution < -0.4 is 9.47 Å². The average molecular weight is 1130 g/mol. The van der Waals surface area contributed by atoms with Crippen molar-refractivity contribution in [2.75, 3.05) is 0 Å².